The molecule has 0 atom stereocenters. The minimum atomic E-state index is -4.55. The number of benzene rings is 1. The van der Waals surface area contributed by atoms with Gasteiger partial charge >= 0.3 is 6.18 Å². The zero-order valence-electron chi connectivity index (χ0n) is 10.2. The third-order valence-corrected chi connectivity index (χ3v) is 3.22. The Bertz CT molecular complexity index is 671. The largest absolute Gasteiger partial charge is 0.416 e. The maximum atomic E-state index is 12.6. The zero-order valence-corrected chi connectivity index (χ0v) is 11.8. The average molecular weight is 363 g/mol. The number of nitrogens with zero attached hydrogens (tertiary/aromatic N) is 1. The van der Waals surface area contributed by atoms with Crippen molar-refractivity contribution in [2.24, 2.45) is 0 Å². The number of pyridine rings is 1. The van der Waals surface area contributed by atoms with Gasteiger partial charge in [-0.1, -0.05) is 0 Å². The predicted molar refractivity (Wildman–Crippen MR) is 71.3 cm³/mol. The summed E-state index contributed by atoms with van der Waals surface area (Å²) in [5.41, 5.74) is -0.951. The van der Waals surface area contributed by atoms with E-state index in [4.69, 9.17) is 0 Å². The number of rotatable bonds is 2. The molecule has 1 aromatic carbocycles. The standard InChI is InChI=1S/C13H7BrF4N2O/c14-10-3-1-7(13(16,17)18)5-9(10)12(21)20-8-2-4-11(15)19-6-8/h1-6H,(H,20,21). The quantitative estimate of drug-likeness (QED) is 0.640. The molecule has 1 amide bonds. The van der Waals surface area contributed by atoms with E-state index in [1.54, 1.807) is 0 Å². The zero-order chi connectivity index (χ0) is 15.6. The molecular weight excluding hydrogens is 356 g/mol. The molecule has 1 aromatic heterocycles. The molecule has 0 aliphatic carbocycles. The van der Waals surface area contributed by atoms with Crippen LogP contribution in [-0.2, 0) is 6.18 Å². The summed E-state index contributed by atoms with van der Waals surface area (Å²) in [5.74, 6) is -1.49. The van der Waals surface area contributed by atoms with Crippen molar-refractivity contribution >= 4 is 27.5 Å². The van der Waals surface area contributed by atoms with Crippen molar-refractivity contribution in [3.8, 4) is 0 Å². The van der Waals surface area contributed by atoms with Gasteiger partial charge in [0, 0.05) is 4.47 Å². The number of carbonyl (C=O) groups excluding carboxylic acids is 1. The van der Waals surface area contributed by atoms with E-state index in [9.17, 15) is 22.4 Å². The number of carbonyl (C=O) groups is 1. The second kappa shape index (κ2) is 5.80. The minimum Gasteiger partial charge on any atom is -0.321 e. The summed E-state index contributed by atoms with van der Waals surface area (Å²) in [7, 11) is 0. The van der Waals surface area contributed by atoms with E-state index in [2.05, 4.69) is 26.2 Å². The van der Waals surface area contributed by atoms with Crippen LogP contribution in [0.25, 0.3) is 0 Å². The molecule has 1 heterocycles. The van der Waals surface area contributed by atoms with E-state index in [-0.39, 0.29) is 15.7 Å². The molecule has 0 bridgehead atoms. The molecule has 8 heteroatoms. The Balaban J connectivity index is 2.28. The van der Waals surface area contributed by atoms with Crippen LogP contribution in [0.4, 0.5) is 23.2 Å². The highest BCUT2D eigenvalue weighted by Gasteiger charge is 2.31. The second-order valence-electron chi connectivity index (χ2n) is 4.02. The van der Waals surface area contributed by atoms with E-state index >= 15 is 0 Å². The monoisotopic (exact) mass is 362 g/mol. The van der Waals surface area contributed by atoms with Crippen LogP contribution in [-0.4, -0.2) is 10.9 Å². The van der Waals surface area contributed by atoms with E-state index < -0.39 is 23.6 Å². The van der Waals surface area contributed by atoms with Crippen molar-refractivity contribution in [1.29, 1.82) is 0 Å². The maximum Gasteiger partial charge on any atom is 0.416 e. The fraction of sp³-hybridized carbons (Fsp3) is 0.0769. The fourth-order valence-corrected chi connectivity index (χ4v) is 1.95. The van der Waals surface area contributed by atoms with E-state index in [1.165, 1.54) is 6.07 Å². The van der Waals surface area contributed by atoms with Crippen LogP contribution in [0.3, 0.4) is 0 Å². The fourth-order valence-electron chi connectivity index (χ4n) is 1.52. The molecule has 2 aromatic rings. The molecule has 0 radical (unpaired) electrons. The lowest BCUT2D eigenvalue weighted by Gasteiger charge is -2.11. The number of halogens is 5. The highest BCUT2D eigenvalue weighted by atomic mass is 79.9. The van der Waals surface area contributed by atoms with Gasteiger partial charge in [-0.3, -0.25) is 4.79 Å². The summed E-state index contributed by atoms with van der Waals surface area (Å²) >= 11 is 3.02. The van der Waals surface area contributed by atoms with Crippen molar-refractivity contribution in [2.75, 3.05) is 5.32 Å². The van der Waals surface area contributed by atoms with Crippen molar-refractivity contribution in [3.63, 3.8) is 0 Å². The molecule has 0 aliphatic rings. The molecule has 0 unspecified atom stereocenters. The summed E-state index contributed by atoms with van der Waals surface area (Å²) in [6.07, 6.45) is -3.48. The number of amides is 1. The number of anilines is 1. The molecule has 0 spiro atoms. The van der Waals surface area contributed by atoms with Crippen LogP contribution >= 0.6 is 15.9 Å². The molecule has 110 valence electrons. The van der Waals surface area contributed by atoms with Gasteiger partial charge in [-0.2, -0.15) is 17.6 Å². The van der Waals surface area contributed by atoms with Gasteiger partial charge in [0.2, 0.25) is 5.95 Å². The molecule has 1 N–H and O–H groups in total. The number of hydrogen-bond acceptors (Lipinski definition) is 2. The van der Waals surface area contributed by atoms with Crippen LogP contribution in [0.2, 0.25) is 0 Å². The summed E-state index contributed by atoms with van der Waals surface area (Å²) in [6.45, 7) is 0. The van der Waals surface area contributed by atoms with Gasteiger partial charge in [0.05, 0.1) is 23.0 Å². The Kier molecular flexibility index (Phi) is 4.26. The molecule has 0 saturated heterocycles. The number of nitrogens with one attached hydrogen (secondary N) is 1. The lowest BCUT2D eigenvalue weighted by atomic mass is 10.1. The first kappa shape index (κ1) is 15.4. The van der Waals surface area contributed by atoms with Crippen molar-refractivity contribution < 1.29 is 22.4 Å². The molecule has 3 nitrogen and oxygen atoms in total. The van der Waals surface area contributed by atoms with Gasteiger partial charge in [0.1, 0.15) is 0 Å². The number of aromatic nitrogens is 1. The van der Waals surface area contributed by atoms with Crippen molar-refractivity contribution in [3.05, 3.63) is 58.1 Å². The Morgan fingerprint density at radius 2 is 1.90 bits per heavy atom. The molecule has 0 saturated carbocycles. The highest BCUT2D eigenvalue weighted by molar-refractivity contribution is 9.10. The van der Waals surface area contributed by atoms with Crippen LogP contribution in [0.1, 0.15) is 15.9 Å². The molecule has 0 aliphatic heterocycles. The lowest BCUT2D eigenvalue weighted by Crippen LogP contribution is -2.15. The van der Waals surface area contributed by atoms with Gasteiger partial charge in [-0.25, -0.2) is 4.98 Å². The third kappa shape index (κ3) is 3.78. The second-order valence-corrected chi connectivity index (χ2v) is 4.87. The minimum absolute atomic E-state index is 0.172. The summed E-state index contributed by atoms with van der Waals surface area (Å²) in [5, 5.41) is 2.34. The summed E-state index contributed by atoms with van der Waals surface area (Å²) in [6, 6.07) is 5.01. The molecular formula is C13H7BrF4N2O. The van der Waals surface area contributed by atoms with Crippen molar-refractivity contribution in [2.45, 2.75) is 6.18 Å². The Morgan fingerprint density at radius 3 is 2.48 bits per heavy atom. The Labute approximate surface area is 125 Å². The SMILES string of the molecule is O=C(Nc1ccc(F)nc1)c1cc(C(F)(F)F)ccc1Br. The predicted octanol–water partition coefficient (Wildman–Crippen LogP) is 4.25. The van der Waals surface area contributed by atoms with Crippen LogP contribution in [0.15, 0.2) is 41.0 Å². The smallest absolute Gasteiger partial charge is 0.321 e. The van der Waals surface area contributed by atoms with Crippen LogP contribution < -0.4 is 5.32 Å². The number of hydrogen-bond donors (Lipinski definition) is 1. The average Bonchev–Trinajstić information content (AvgIpc) is 2.40. The Morgan fingerprint density at radius 1 is 1.19 bits per heavy atom. The molecule has 21 heavy (non-hydrogen) atoms. The van der Waals surface area contributed by atoms with Crippen LogP contribution in [0.5, 0.6) is 0 Å². The Hall–Kier alpha value is -1.96. The van der Waals surface area contributed by atoms with E-state index in [1.807, 2.05) is 0 Å². The third-order valence-electron chi connectivity index (χ3n) is 2.52. The molecule has 2 rings (SSSR count). The van der Waals surface area contributed by atoms with Crippen molar-refractivity contribution in [1.82, 2.24) is 4.98 Å². The summed E-state index contributed by atoms with van der Waals surface area (Å²) in [4.78, 5) is 15.3. The summed E-state index contributed by atoms with van der Waals surface area (Å²) < 4.78 is 50.8. The van der Waals surface area contributed by atoms with Gasteiger partial charge in [0.25, 0.3) is 5.91 Å². The van der Waals surface area contributed by atoms with Gasteiger partial charge in [0.15, 0.2) is 0 Å². The first-order valence-corrected chi connectivity index (χ1v) is 6.36. The first-order valence-electron chi connectivity index (χ1n) is 5.57. The van der Waals surface area contributed by atoms with Crippen LogP contribution in [0, 0.1) is 5.95 Å². The topological polar surface area (TPSA) is 42.0 Å². The van der Waals surface area contributed by atoms with E-state index in [0.29, 0.717) is 0 Å². The highest BCUT2D eigenvalue weighted by Crippen LogP contribution is 2.32. The normalized spacial score (nSPS) is 11.3. The molecule has 0 fully saturated rings. The van der Waals surface area contributed by atoms with Gasteiger partial charge < -0.3 is 5.32 Å². The lowest BCUT2D eigenvalue weighted by molar-refractivity contribution is -0.137. The van der Waals surface area contributed by atoms with E-state index in [0.717, 1.165) is 30.5 Å². The van der Waals surface area contributed by atoms with Gasteiger partial charge in [-0.05, 0) is 46.3 Å². The maximum absolute atomic E-state index is 12.6. The number of alkyl halides is 3. The van der Waals surface area contributed by atoms with Gasteiger partial charge in [-0.15, -0.1) is 0 Å². The first-order chi connectivity index (χ1) is 9.77.